The summed E-state index contributed by atoms with van der Waals surface area (Å²) in [6.07, 6.45) is 1.91. The van der Waals surface area contributed by atoms with E-state index < -0.39 is 6.04 Å². The largest absolute Gasteiger partial charge is 0.352 e. The highest BCUT2D eigenvalue weighted by Gasteiger charge is 2.26. The van der Waals surface area contributed by atoms with E-state index in [9.17, 15) is 9.59 Å². The summed E-state index contributed by atoms with van der Waals surface area (Å²) in [4.78, 5) is 27.7. The van der Waals surface area contributed by atoms with Crippen LogP contribution in [0.4, 0.5) is 0 Å². The maximum absolute atomic E-state index is 13.2. The summed E-state index contributed by atoms with van der Waals surface area (Å²) in [5, 5.41) is 3.02. The Balaban J connectivity index is 2.12. The summed E-state index contributed by atoms with van der Waals surface area (Å²) in [6.45, 7) is 12.7. The van der Waals surface area contributed by atoms with E-state index in [1.165, 1.54) is 11.1 Å². The molecule has 0 saturated carbocycles. The van der Waals surface area contributed by atoms with Crippen LogP contribution in [0.5, 0.6) is 0 Å². The lowest BCUT2D eigenvalue weighted by Crippen LogP contribution is -2.49. The minimum Gasteiger partial charge on any atom is -0.352 e. The summed E-state index contributed by atoms with van der Waals surface area (Å²) >= 11 is 0. The van der Waals surface area contributed by atoms with E-state index in [0.717, 1.165) is 17.5 Å². The smallest absolute Gasteiger partial charge is 0.242 e. The molecule has 0 aliphatic heterocycles. The Morgan fingerprint density at radius 1 is 0.903 bits per heavy atom. The molecule has 1 N–H and O–H groups in total. The molecule has 0 radical (unpaired) electrons. The van der Waals surface area contributed by atoms with Crippen molar-refractivity contribution in [1.29, 1.82) is 0 Å². The maximum atomic E-state index is 13.2. The van der Waals surface area contributed by atoms with Crippen molar-refractivity contribution in [3.05, 3.63) is 70.8 Å². The first-order chi connectivity index (χ1) is 14.7. The third kappa shape index (κ3) is 7.54. The van der Waals surface area contributed by atoms with E-state index in [2.05, 4.69) is 43.4 Å². The summed E-state index contributed by atoms with van der Waals surface area (Å²) < 4.78 is 0. The zero-order valence-electron chi connectivity index (χ0n) is 19.9. The summed E-state index contributed by atoms with van der Waals surface area (Å²) in [5.74, 6) is 0.391. The molecule has 4 nitrogen and oxygen atoms in total. The number of hydrogen-bond donors (Lipinski definition) is 1. The van der Waals surface area contributed by atoms with Crippen molar-refractivity contribution in [2.24, 2.45) is 0 Å². The van der Waals surface area contributed by atoms with Gasteiger partial charge >= 0.3 is 0 Å². The van der Waals surface area contributed by atoms with Crippen LogP contribution in [0.2, 0.25) is 0 Å². The standard InChI is InChI=1S/C27H38N2O2/c1-7-21(5)28-27(31)22(6)29(18-24-10-8-20(4)9-11-24)26(30)17-14-23-12-15-25(16-13-23)19(2)3/h8-13,15-16,19,21-22H,7,14,17-18H2,1-6H3,(H,28,31)/t21-,22-/m1/s1. The van der Waals surface area contributed by atoms with Crippen LogP contribution in [-0.2, 0) is 22.6 Å². The van der Waals surface area contributed by atoms with Gasteiger partial charge in [0.05, 0.1) is 0 Å². The van der Waals surface area contributed by atoms with Gasteiger partial charge in [-0.3, -0.25) is 9.59 Å². The predicted molar refractivity (Wildman–Crippen MR) is 128 cm³/mol. The number of hydrogen-bond acceptors (Lipinski definition) is 2. The van der Waals surface area contributed by atoms with E-state index in [-0.39, 0.29) is 17.9 Å². The summed E-state index contributed by atoms with van der Waals surface area (Å²) in [7, 11) is 0. The maximum Gasteiger partial charge on any atom is 0.242 e. The number of aryl methyl sites for hydroxylation is 2. The lowest BCUT2D eigenvalue weighted by Gasteiger charge is -2.30. The van der Waals surface area contributed by atoms with Crippen LogP contribution in [0, 0.1) is 6.92 Å². The van der Waals surface area contributed by atoms with E-state index in [1.54, 1.807) is 4.90 Å². The molecule has 0 aliphatic rings. The second-order valence-corrected chi connectivity index (χ2v) is 8.90. The van der Waals surface area contributed by atoms with Gasteiger partial charge in [0.1, 0.15) is 6.04 Å². The Morgan fingerprint density at radius 2 is 1.48 bits per heavy atom. The minimum atomic E-state index is -0.522. The Bertz CT molecular complexity index is 841. The van der Waals surface area contributed by atoms with E-state index in [4.69, 9.17) is 0 Å². The molecule has 0 heterocycles. The average molecular weight is 423 g/mol. The van der Waals surface area contributed by atoms with Crippen LogP contribution < -0.4 is 5.32 Å². The minimum absolute atomic E-state index is 0.000289. The molecule has 4 heteroatoms. The van der Waals surface area contributed by atoms with E-state index in [0.29, 0.717) is 25.3 Å². The number of nitrogens with one attached hydrogen (secondary N) is 1. The van der Waals surface area contributed by atoms with E-state index >= 15 is 0 Å². The lowest BCUT2D eigenvalue weighted by atomic mass is 10.00. The Labute approximate surface area is 188 Å². The van der Waals surface area contributed by atoms with Crippen molar-refractivity contribution in [2.75, 3.05) is 0 Å². The number of carbonyl (C=O) groups excluding carboxylic acids is 2. The van der Waals surface area contributed by atoms with Crippen LogP contribution >= 0.6 is 0 Å². The SMILES string of the molecule is CC[C@@H](C)NC(=O)[C@@H](C)N(Cc1ccc(C)cc1)C(=O)CCc1ccc(C(C)C)cc1. The van der Waals surface area contributed by atoms with Gasteiger partial charge < -0.3 is 10.2 Å². The summed E-state index contributed by atoms with van der Waals surface area (Å²) in [5.41, 5.74) is 4.65. The second kappa shape index (κ2) is 11.7. The first kappa shape index (κ1) is 24.6. The molecule has 0 bridgehead atoms. The highest BCUT2D eigenvalue weighted by Crippen LogP contribution is 2.17. The fourth-order valence-corrected chi connectivity index (χ4v) is 3.40. The monoisotopic (exact) mass is 422 g/mol. The highest BCUT2D eigenvalue weighted by molar-refractivity contribution is 5.87. The Kier molecular flexibility index (Phi) is 9.29. The van der Waals surface area contributed by atoms with Crippen molar-refractivity contribution in [1.82, 2.24) is 10.2 Å². The Hall–Kier alpha value is -2.62. The molecular weight excluding hydrogens is 384 g/mol. The van der Waals surface area contributed by atoms with Gasteiger partial charge in [-0.2, -0.15) is 0 Å². The number of benzene rings is 2. The van der Waals surface area contributed by atoms with Gasteiger partial charge in [-0.1, -0.05) is 74.9 Å². The van der Waals surface area contributed by atoms with Crippen molar-refractivity contribution >= 4 is 11.8 Å². The molecule has 2 rings (SSSR count). The van der Waals surface area contributed by atoms with Gasteiger partial charge in [-0.25, -0.2) is 0 Å². The lowest BCUT2D eigenvalue weighted by molar-refractivity contribution is -0.140. The highest BCUT2D eigenvalue weighted by atomic mass is 16.2. The number of rotatable bonds is 10. The van der Waals surface area contributed by atoms with Gasteiger partial charge in [-0.05, 0) is 56.2 Å². The molecule has 2 aromatic rings. The molecule has 2 amide bonds. The van der Waals surface area contributed by atoms with Gasteiger partial charge in [0.2, 0.25) is 11.8 Å². The zero-order valence-corrected chi connectivity index (χ0v) is 19.9. The van der Waals surface area contributed by atoms with E-state index in [1.807, 2.05) is 52.0 Å². The molecule has 0 fully saturated rings. The van der Waals surface area contributed by atoms with Gasteiger partial charge in [0, 0.05) is 19.0 Å². The van der Waals surface area contributed by atoms with Crippen LogP contribution in [0.1, 0.15) is 75.6 Å². The normalized spacial score (nSPS) is 13.0. The molecule has 0 unspecified atom stereocenters. The number of amides is 2. The van der Waals surface area contributed by atoms with Crippen molar-refractivity contribution < 1.29 is 9.59 Å². The predicted octanol–water partition coefficient (Wildman–Crippen LogP) is 5.38. The fourth-order valence-electron chi connectivity index (χ4n) is 3.40. The number of carbonyl (C=O) groups is 2. The molecule has 0 spiro atoms. The van der Waals surface area contributed by atoms with Gasteiger partial charge in [-0.15, -0.1) is 0 Å². The molecule has 2 atom stereocenters. The van der Waals surface area contributed by atoms with Gasteiger partial charge in [0.15, 0.2) is 0 Å². The zero-order chi connectivity index (χ0) is 23.0. The molecule has 0 aliphatic carbocycles. The average Bonchev–Trinajstić information content (AvgIpc) is 2.76. The molecule has 2 aromatic carbocycles. The van der Waals surface area contributed by atoms with Crippen LogP contribution in [0.25, 0.3) is 0 Å². The van der Waals surface area contributed by atoms with Gasteiger partial charge in [0.25, 0.3) is 0 Å². The first-order valence-corrected chi connectivity index (χ1v) is 11.5. The molecule has 0 saturated heterocycles. The van der Waals surface area contributed by atoms with Crippen molar-refractivity contribution in [2.45, 2.75) is 85.4 Å². The van der Waals surface area contributed by atoms with Crippen LogP contribution in [-0.4, -0.2) is 28.8 Å². The molecule has 31 heavy (non-hydrogen) atoms. The quantitative estimate of drug-likeness (QED) is 0.559. The summed E-state index contributed by atoms with van der Waals surface area (Å²) in [6, 6.07) is 16.2. The Morgan fingerprint density at radius 3 is 2.03 bits per heavy atom. The van der Waals surface area contributed by atoms with Crippen molar-refractivity contribution in [3.8, 4) is 0 Å². The van der Waals surface area contributed by atoms with Crippen LogP contribution in [0.15, 0.2) is 48.5 Å². The topological polar surface area (TPSA) is 49.4 Å². The third-order valence-electron chi connectivity index (χ3n) is 5.92. The third-order valence-corrected chi connectivity index (χ3v) is 5.92. The van der Waals surface area contributed by atoms with Crippen LogP contribution in [0.3, 0.4) is 0 Å². The fraction of sp³-hybridized carbons (Fsp3) is 0.481. The second-order valence-electron chi connectivity index (χ2n) is 8.90. The molecular formula is C27H38N2O2. The van der Waals surface area contributed by atoms with Crippen molar-refractivity contribution in [3.63, 3.8) is 0 Å². The first-order valence-electron chi connectivity index (χ1n) is 11.5. The number of nitrogens with zero attached hydrogens (tertiary/aromatic N) is 1. The molecule has 168 valence electrons. The molecule has 0 aromatic heterocycles.